The molecule has 19 heavy (non-hydrogen) atoms. The van der Waals surface area contributed by atoms with E-state index in [9.17, 15) is 0 Å². The van der Waals surface area contributed by atoms with Gasteiger partial charge >= 0.3 is 0 Å². The van der Waals surface area contributed by atoms with Crippen LogP contribution in [0.15, 0.2) is 6.07 Å². The highest BCUT2D eigenvalue weighted by molar-refractivity contribution is 7.16. The third-order valence-electron chi connectivity index (χ3n) is 3.87. The molecule has 4 nitrogen and oxygen atoms in total. The fourth-order valence-corrected chi connectivity index (χ4v) is 3.66. The second-order valence-corrected chi connectivity index (χ2v) is 6.68. The molecule has 0 amide bonds. The highest BCUT2D eigenvalue weighted by Crippen LogP contribution is 2.35. The van der Waals surface area contributed by atoms with Crippen molar-refractivity contribution in [3.8, 4) is 11.4 Å². The Labute approximate surface area is 117 Å². The van der Waals surface area contributed by atoms with Gasteiger partial charge in [-0.05, 0) is 25.8 Å². The van der Waals surface area contributed by atoms with Gasteiger partial charge in [-0.2, -0.15) is 5.10 Å². The molecule has 0 aliphatic heterocycles. The number of nitrogen functional groups attached to an aromatic ring is 1. The van der Waals surface area contributed by atoms with Crippen molar-refractivity contribution in [3.05, 3.63) is 16.8 Å². The van der Waals surface area contributed by atoms with Crippen LogP contribution in [0.3, 0.4) is 0 Å². The number of aromatic nitrogens is 3. The average Bonchev–Trinajstić information content (AvgIpc) is 2.93. The zero-order chi connectivity index (χ0) is 13.4. The molecule has 1 saturated carbocycles. The molecule has 1 aliphatic carbocycles. The van der Waals surface area contributed by atoms with Crippen LogP contribution in [-0.2, 0) is 7.05 Å². The molecule has 1 fully saturated rings. The van der Waals surface area contributed by atoms with E-state index in [1.807, 2.05) is 11.7 Å². The highest BCUT2D eigenvalue weighted by atomic mass is 32.1. The molecule has 1 aliphatic rings. The minimum Gasteiger partial charge on any atom is -0.390 e. The lowest BCUT2D eigenvalue weighted by Crippen LogP contribution is -2.06. The summed E-state index contributed by atoms with van der Waals surface area (Å²) in [5.74, 6) is 2.44. The smallest absolute Gasteiger partial charge is 0.161 e. The van der Waals surface area contributed by atoms with Gasteiger partial charge in [0, 0.05) is 17.8 Å². The molecule has 0 bridgehead atoms. The molecule has 2 aromatic rings. The molecule has 0 atom stereocenters. The van der Waals surface area contributed by atoms with Crippen LogP contribution in [0.4, 0.5) is 5.00 Å². The summed E-state index contributed by atoms with van der Waals surface area (Å²) in [4.78, 5) is 5.97. The van der Waals surface area contributed by atoms with Crippen LogP contribution < -0.4 is 5.73 Å². The Balaban J connectivity index is 1.95. The monoisotopic (exact) mass is 276 g/mol. The van der Waals surface area contributed by atoms with E-state index < -0.39 is 0 Å². The van der Waals surface area contributed by atoms with E-state index in [0.717, 1.165) is 22.2 Å². The normalized spacial score (nSPS) is 16.9. The Kier molecular flexibility index (Phi) is 3.31. The van der Waals surface area contributed by atoms with E-state index in [-0.39, 0.29) is 0 Å². The van der Waals surface area contributed by atoms with Gasteiger partial charge in [0.2, 0.25) is 0 Å². The summed E-state index contributed by atoms with van der Waals surface area (Å²) in [6.07, 6.45) is 6.41. The molecule has 3 rings (SSSR count). The number of rotatable bonds is 2. The Morgan fingerprint density at radius 3 is 2.68 bits per heavy atom. The summed E-state index contributed by atoms with van der Waals surface area (Å²) in [7, 11) is 1.96. The maximum Gasteiger partial charge on any atom is 0.161 e. The van der Waals surface area contributed by atoms with Crippen LogP contribution in [0.25, 0.3) is 11.4 Å². The molecule has 0 saturated heterocycles. The highest BCUT2D eigenvalue weighted by Gasteiger charge is 2.22. The number of thiophene rings is 1. The van der Waals surface area contributed by atoms with E-state index in [1.54, 1.807) is 11.3 Å². The SMILES string of the molecule is Cc1cc(-c2nc(C3CCCCC3)nn2C)c(N)s1. The van der Waals surface area contributed by atoms with E-state index in [2.05, 4.69) is 18.1 Å². The van der Waals surface area contributed by atoms with Gasteiger partial charge in [-0.1, -0.05) is 19.3 Å². The van der Waals surface area contributed by atoms with Gasteiger partial charge in [0.25, 0.3) is 0 Å². The summed E-state index contributed by atoms with van der Waals surface area (Å²) in [5.41, 5.74) is 7.09. The topological polar surface area (TPSA) is 56.7 Å². The predicted octanol–water partition coefficient (Wildman–Crippen LogP) is 3.48. The van der Waals surface area contributed by atoms with Crippen molar-refractivity contribution in [3.63, 3.8) is 0 Å². The van der Waals surface area contributed by atoms with Crippen LogP contribution in [0.1, 0.15) is 48.7 Å². The standard InChI is InChI=1S/C14H20N4S/c1-9-8-11(12(15)19-9)14-16-13(17-18(14)2)10-6-4-3-5-7-10/h8,10H,3-7,15H2,1-2H3. The van der Waals surface area contributed by atoms with Crippen molar-refractivity contribution in [1.29, 1.82) is 0 Å². The molecule has 2 N–H and O–H groups in total. The summed E-state index contributed by atoms with van der Waals surface area (Å²) in [5, 5.41) is 5.45. The molecule has 0 spiro atoms. The van der Waals surface area contributed by atoms with E-state index in [0.29, 0.717) is 5.92 Å². The molecule has 2 heterocycles. The number of hydrogen-bond acceptors (Lipinski definition) is 4. The maximum atomic E-state index is 6.07. The fourth-order valence-electron chi connectivity index (χ4n) is 2.88. The van der Waals surface area contributed by atoms with Gasteiger partial charge in [0.05, 0.1) is 10.6 Å². The van der Waals surface area contributed by atoms with Gasteiger partial charge < -0.3 is 5.73 Å². The van der Waals surface area contributed by atoms with Gasteiger partial charge in [0.1, 0.15) is 0 Å². The van der Waals surface area contributed by atoms with Crippen molar-refractivity contribution in [2.24, 2.45) is 7.05 Å². The van der Waals surface area contributed by atoms with E-state index in [4.69, 9.17) is 10.7 Å². The van der Waals surface area contributed by atoms with Crippen molar-refractivity contribution in [2.75, 3.05) is 5.73 Å². The molecule has 0 aromatic carbocycles. The number of nitrogens with zero attached hydrogens (tertiary/aromatic N) is 3. The molecule has 5 heteroatoms. The van der Waals surface area contributed by atoms with Gasteiger partial charge in [-0.3, -0.25) is 0 Å². The molecule has 102 valence electrons. The minimum atomic E-state index is 0.537. The van der Waals surface area contributed by atoms with Crippen LogP contribution in [-0.4, -0.2) is 14.8 Å². The molecular formula is C14H20N4S. The van der Waals surface area contributed by atoms with Gasteiger partial charge in [-0.25, -0.2) is 9.67 Å². The summed E-state index contributed by atoms with van der Waals surface area (Å²) in [6.45, 7) is 2.07. The fraction of sp³-hybridized carbons (Fsp3) is 0.571. The Morgan fingerprint density at radius 1 is 1.32 bits per heavy atom. The second kappa shape index (κ2) is 4.96. The molecular weight excluding hydrogens is 256 g/mol. The summed E-state index contributed by atoms with van der Waals surface area (Å²) >= 11 is 1.61. The van der Waals surface area contributed by atoms with Crippen LogP contribution in [0.5, 0.6) is 0 Å². The number of aryl methyl sites for hydroxylation is 2. The quantitative estimate of drug-likeness (QED) is 0.913. The number of hydrogen-bond donors (Lipinski definition) is 1. The lowest BCUT2D eigenvalue weighted by Gasteiger charge is -2.18. The maximum absolute atomic E-state index is 6.07. The predicted molar refractivity (Wildman–Crippen MR) is 79.3 cm³/mol. The van der Waals surface area contributed by atoms with E-state index in [1.165, 1.54) is 37.0 Å². The first-order valence-corrected chi connectivity index (χ1v) is 7.74. The van der Waals surface area contributed by atoms with E-state index >= 15 is 0 Å². The third kappa shape index (κ3) is 2.39. The Morgan fingerprint density at radius 2 is 2.05 bits per heavy atom. The van der Waals surface area contributed by atoms with Crippen molar-refractivity contribution >= 4 is 16.3 Å². The minimum absolute atomic E-state index is 0.537. The molecule has 2 aromatic heterocycles. The van der Waals surface area contributed by atoms with Gasteiger partial charge in [0.15, 0.2) is 11.6 Å². The number of nitrogens with two attached hydrogens (primary N) is 1. The molecule has 0 radical (unpaired) electrons. The average molecular weight is 276 g/mol. The lowest BCUT2D eigenvalue weighted by atomic mass is 9.89. The first-order valence-electron chi connectivity index (χ1n) is 6.92. The first-order chi connectivity index (χ1) is 9.15. The summed E-state index contributed by atoms with van der Waals surface area (Å²) in [6, 6.07) is 2.11. The largest absolute Gasteiger partial charge is 0.390 e. The zero-order valence-electron chi connectivity index (χ0n) is 11.5. The molecule has 0 unspecified atom stereocenters. The second-order valence-electron chi connectivity index (χ2n) is 5.39. The summed E-state index contributed by atoms with van der Waals surface area (Å²) < 4.78 is 1.88. The van der Waals surface area contributed by atoms with Crippen molar-refractivity contribution in [2.45, 2.75) is 44.9 Å². The first kappa shape index (κ1) is 12.7. The zero-order valence-corrected chi connectivity index (χ0v) is 12.3. The third-order valence-corrected chi connectivity index (χ3v) is 4.75. The Hall–Kier alpha value is -1.36. The van der Waals surface area contributed by atoms with Crippen molar-refractivity contribution in [1.82, 2.24) is 14.8 Å². The van der Waals surface area contributed by atoms with Crippen molar-refractivity contribution < 1.29 is 0 Å². The van der Waals surface area contributed by atoms with Crippen LogP contribution >= 0.6 is 11.3 Å². The van der Waals surface area contributed by atoms with Crippen LogP contribution in [0, 0.1) is 6.92 Å². The van der Waals surface area contributed by atoms with Gasteiger partial charge in [-0.15, -0.1) is 11.3 Å². The number of anilines is 1. The lowest BCUT2D eigenvalue weighted by molar-refractivity contribution is 0.427. The van der Waals surface area contributed by atoms with Crippen LogP contribution in [0.2, 0.25) is 0 Å². The Bertz CT molecular complexity index is 578.